The lowest BCUT2D eigenvalue weighted by atomic mass is 9.81. The van der Waals surface area contributed by atoms with Crippen molar-refractivity contribution in [2.24, 2.45) is 0 Å². The summed E-state index contributed by atoms with van der Waals surface area (Å²) >= 11 is 0. The van der Waals surface area contributed by atoms with Gasteiger partial charge in [-0.05, 0) is 60.3 Å². The minimum Gasteiger partial charge on any atom is -0.480 e. The lowest BCUT2D eigenvalue weighted by Crippen LogP contribution is -2.55. The van der Waals surface area contributed by atoms with Crippen LogP contribution in [0.4, 0.5) is 5.82 Å². The summed E-state index contributed by atoms with van der Waals surface area (Å²) < 4.78 is 6.04. The van der Waals surface area contributed by atoms with Gasteiger partial charge in [0.05, 0.1) is 6.10 Å². The van der Waals surface area contributed by atoms with Crippen LogP contribution in [0.2, 0.25) is 0 Å². The quantitative estimate of drug-likeness (QED) is 0.482. The van der Waals surface area contributed by atoms with Crippen LogP contribution in [0, 0.1) is 0 Å². The van der Waals surface area contributed by atoms with Gasteiger partial charge in [0, 0.05) is 31.9 Å². The van der Waals surface area contributed by atoms with Crippen LogP contribution in [0.15, 0.2) is 36.4 Å². The molecule has 1 aromatic heterocycles. The Kier molecular flexibility index (Phi) is 7.89. The molecule has 0 radical (unpaired) electrons. The number of aryl methyl sites for hydroxylation is 2. The molecule has 0 bridgehead atoms. The number of anilines is 1. The molecule has 6 heteroatoms. The van der Waals surface area contributed by atoms with Crippen molar-refractivity contribution >= 4 is 11.8 Å². The second-order valence-corrected chi connectivity index (χ2v) is 10.7. The number of nitrogens with one attached hydrogen (secondary N) is 1. The SMILES string of the molecule is CC(C)(C)c1ccccc1C(C(=O)O)N1CC(OCCCCCc2ccc3c(n2)NCCC3)C1. The highest BCUT2D eigenvalue weighted by Crippen LogP contribution is 2.35. The van der Waals surface area contributed by atoms with Crippen molar-refractivity contribution in [2.45, 2.75) is 76.9 Å². The van der Waals surface area contributed by atoms with Gasteiger partial charge in [-0.25, -0.2) is 4.98 Å². The Morgan fingerprint density at radius 3 is 2.74 bits per heavy atom. The van der Waals surface area contributed by atoms with E-state index >= 15 is 0 Å². The van der Waals surface area contributed by atoms with Gasteiger partial charge in [0.25, 0.3) is 0 Å². The van der Waals surface area contributed by atoms with Gasteiger partial charge in [0.1, 0.15) is 11.9 Å². The van der Waals surface area contributed by atoms with Crippen LogP contribution in [-0.2, 0) is 27.8 Å². The molecule has 2 aromatic rings. The first-order valence-corrected chi connectivity index (χ1v) is 12.7. The molecule has 2 N–H and O–H groups in total. The molecular weight excluding hydrogens is 426 g/mol. The van der Waals surface area contributed by atoms with Crippen LogP contribution in [0.5, 0.6) is 0 Å². The first-order valence-electron chi connectivity index (χ1n) is 12.7. The van der Waals surface area contributed by atoms with Gasteiger partial charge in [0.15, 0.2) is 0 Å². The zero-order chi connectivity index (χ0) is 24.1. The number of benzene rings is 1. The molecule has 1 unspecified atom stereocenters. The predicted molar refractivity (Wildman–Crippen MR) is 135 cm³/mol. The highest BCUT2D eigenvalue weighted by atomic mass is 16.5. The third-order valence-electron chi connectivity index (χ3n) is 6.92. The zero-order valence-corrected chi connectivity index (χ0v) is 20.8. The minimum absolute atomic E-state index is 0.101. The number of likely N-dealkylation sites (tertiary alicyclic amines) is 1. The first-order chi connectivity index (χ1) is 16.3. The monoisotopic (exact) mass is 465 g/mol. The molecule has 1 atom stereocenters. The number of hydrogen-bond acceptors (Lipinski definition) is 5. The number of unbranched alkanes of at least 4 members (excludes halogenated alkanes) is 2. The number of carboxylic acid groups (broad SMARTS) is 1. The lowest BCUT2D eigenvalue weighted by molar-refractivity contribution is -0.151. The molecule has 1 fully saturated rings. The van der Waals surface area contributed by atoms with Crippen molar-refractivity contribution in [3.8, 4) is 0 Å². The largest absolute Gasteiger partial charge is 0.480 e. The summed E-state index contributed by atoms with van der Waals surface area (Å²) in [7, 11) is 0. The Hall–Kier alpha value is -2.44. The Morgan fingerprint density at radius 1 is 1.18 bits per heavy atom. The number of nitrogens with zero attached hydrogens (tertiary/aromatic N) is 2. The van der Waals surface area contributed by atoms with E-state index in [1.54, 1.807) is 0 Å². The summed E-state index contributed by atoms with van der Waals surface area (Å²) in [4.78, 5) is 18.9. The molecule has 3 heterocycles. The number of aromatic nitrogens is 1. The van der Waals surface area contributed by atoms with Crippen LogP contribution >= 0.6 is 0 Å². The van der Waals surface area contributed by atoms with Gasteiger partial charge in [-0.15, -0.1) is 0 Å². The molecule has 2 aliphatic heterocycles. The smallest absolute Gasteiger partial charge is 0.325 e. The molecule has 4 rings (SSSR count). The van der Waals surface area contributed by atoms with Crippen LogP contribution in [0.25, 0.3) is 0 Å². The van der Waals surface area contributed by atoms with E-state index in [1.165, 1.54) is 17.7 Å². The van der Waals surface area contributed by atoms with Gasteiger partial charge in [-0.1, -0.05) is 57.5 Å². The van der Waals surface area contributed by atoms with Crippen molar-refractivity contribution in [3.63, 3.8) is 0 Å². The van der Waals surface area contributed by atoms with E-state index in [1.807, 2.05) is 23.1 Å². The first kappa shape index (κ1) is 24.7. The highest BCUT2D eigenvalue weighted by Gasteiger charge is 2.39. The third kappa shape index (κ3) is 5.97. The van der Waals surface area contributed by atoms with Gasteiger partial charge in [-0.2, -0.15) is 0 Å². The fraction of sp³-hybridized carbons (Fsp3) is 0.571. The fourth-order valence-electron chi connectivity index (χ4n) is 5.03. The standard InChI is InChI=1S/C28H39N3O3/c1-28(2,3)24-13-7-6-12-23(24)25(27(32)33)31-18-22(19-31)34-17-8-4-5-11-21-15-14-20-10-9-16-29-26(20)30-21/h6-7,12-15,22,25H,4-5,8-11,16-19H2,1-3H3,(H,29,30)(H,32,33). The van der Waals surface area contributed by atoms with E-state index < -0.39 is 12.0 Å². The Balaban J connectivity index is 1.18. The Labute approximate surface area is 203 Å². The van der Waals surface area contributed by atoms with Gasteiger partial charge < -0.3 is 15.2 Å². The van der Waals surface area contributed by atoms with Crippen LogP contribution < -0.4 is 5.32 Å². The molecule has 2 aliphatic rings. The van der Waals surface area contributed by atoms with Gasteiger partial charge in [0.2, 0.25) is 0 Å². The maximum atomic E-state index is 12.2. The van der Waals surface area contributed by atoms with Crippen LogP contribution in [-0.4, -0.2) is 53.3 Å². The normalized spacial score (nSPS) is 17.5. The molecular formula is C28H39N3O3. The third-order valence-corrected chi connectivity index (χ3v) is 6.92. The zero-order valence-electron chi connectivity index (χ0n) is 20.8. The summed E-state index contributed by atoms with van der Waals surface area (Å²) in [5, 5.41) is 13.4. The van der Waals surface area contributed by atoms with Crippen molar-refractivity contribution in [3.05, 3.63) is 58.8 Å². The average molecular weight is 466 g/mol. The summed E-state index contributed by atoms with van der Waals surface area (Å²) in [6.07, 6.45) is 6.68. The number of aliphatic carboxylic acids is 1. The van der Waals surface area contributed by atoms with E-state index in [9.17, 15) is 9.90 Å². The molecule has 1 saturated heterocycles. The van der Waals surface area contributed by atoms with E-state index in [-0.39, 0.29) is 11.5 Å². The predicted octanol–water partition coefficient (Wildman–Crippen LogP) is 4.98. The molecule has 6 nitrogen and oxygen atoms in total. The topological polar surface area (TPSA) is 74.7 Å². The molecule has 1 aromatic carbocycles. The minimum atomic E-state index is -0.791. The summed E-state index contributed by atoms with van der Waals surface area (Å²) in [6, 6.07) is 11.7. The van der Waals surface area contributed by atoms with Gasteiger partial charge >= 0.3 is 5.97 Å². The maximum Gasteiger partial charge on any atom is 0.325 e. The van der Waals surface area contributed by atoms with Crippen LogP contribution in [0.3, 0.4) is 0 Å². The fourth-order valence-corrected chi connectivity index (χ4v) is 5.03. The maximum absolute atomic E-state index is 12.2. The molecule has 0 amide bonds. The molecule has 184 valence electrons. The second-order valence-electron chi connectivity index (χ2n) is 10.7. The number of hydrogen-bond donors (Lipinski definition) is 2. The van der Waals surface area contributed by atoms with Gasteiger partial charge in [-0.3, -0.25) is 9.69 Å². The second kappa shape index (κ2) is 10.9. The number of fused-ring (bicyclic) bond motifs is 1. The number of carboxylic acids is 1. The summed E-state index contributed by atoms with van der Waals surface area (Å²) in [5.74, 6) is 0.285. The summed E-state index contributed by atoms with van der Waals surface area (Å²) in [6.45, 7) is 9.48. The van der Waals surface area contributed by atoms with E-state index in [0.29, 0.717) is 13.1 Å². The van der Waals surface area contributed by atoms with Crippen molar-refractivity contribution in [1.82, 2.24) is 9.88 Å². The number of rotatable bonds is 10. The van der Waals surface area contributed by atoms with E-state index in [0.717, 1.165) is 62.2 Å². The molecule has 34 heavy (non-hydrogen) atoms. The van der Waals surface area contributed by atoms with Crippen LogP contribution in [0.1, 0.15) is 74.9 Å². The highest BCUT2D eigenvalue weighted by molar-refractivity contribution is 5.76. The van der Waals surface area contributed by atoms with Crippen molar-refractivity contribution in [2.75, 3.05) is 31.6 Å². The molecule has 0 saturated carbocycles. The molecule has 0 spiro atoms. The Bertz CT molecular complexity index is 979. The number of carbonyl (C=O) groups is 1. The van der Waals surface area contributed by atoms with E-state index in [2.05, 4.69) is 44.3 Å². The van der Waals surface area contributed by atoms with E-state index in [4.69, 9.17) is 9.72 Å². The number of pyridine rings is 1. The number of ether oxygens (including phenoxy) is 1. The lowest BCUT2D eigenvalue weighted by Gasteiger charge is -2.43. The van der Waals surface area contributed by atoms with Crippen molar-refractivity contribution in [1.29, 1.82) is 0 Å². The average Bonchev–Trinajstić information content (AvgIpc) is 2.78. The summed E-state index contributed by atoms with van der Waals surface area (Å²) in [5.41, 5.74) is 4.39. The van der Waals surface area contributed by atoms with Crippen molar-refractivity contribution < 1.29 is 14.6 Å². The Morgan fingerprint density at radius 2 is 1.97 bits per heavy atom. The molecule has 0 aliphatic carbocycles.